The first-order chi connectivity index (χ1) is 7.47. The second kappa shape index (κ2) is 5.67. The third-order valence-corrected chi connectivity index (χ3v) is 4.44. The van der Waals surface area contributed by atoms with E-state index >= 15 is 0 Å². The van der Waals surface area contributed by atoms with Gasteiger partial charge in [-0.1, -0.05) is 32.1 Å². The van der Waals surface area contributed by atoms with Crippen LogP contribution in [0.3, 0.4) is 0 Å². The van der Waals surface area contributed by atoms with Crippen molar-refractivity contribution >= 4 is 9.84 Å². The standard InChI is InChI=1S/C12H21NO2S/c1-16(14,15)10-9-12(11-13)7-5-3-2-4-6-8-12/h2-10H2,1H3. The summed E-state index contributed by atoms with van der Waals surface area (Å²) in [6.07, 6.45) is 9.27. The van der Waals surface area contributed by atoms with Crippen LogP contribution < -0.4 is 0 Å². The average Bonchev–Trinajstić information content (AvgIpc) is 2.16. The minimum atomic E-state index is -2.94. The van der Waals surface area contributed by atoms with E-state index in [1.165, 1.54) is 25.5 Å². The van der Waals surface area contributed by atoms with Crippen molar-refractivity contribution in [1.82, 2.24) is 0 Å². The number of nitriles is 1. The second-order valence-corrected chi connectivity index (χ2v) is 7.30. The zero-order valence-electron chi connectivity index (χ0n) is 10.0. The zero-order chi connectivity index (χ0) is 12.1. The normalized spacial score (nSPS) is 21.8. The second-order valence-electron chi connectivity index (χ2n) is 5.04. The van der Waals surface area contributed by atoms with Gasteiger partial charge in [-0.05, 0) is 19.3 Å². The molecular formula is C12H21NO2S. The lowest BCUT2D eigenvalue weighted by atomic mass is 9.75. The van der Waals surface area contributed by atoms with Crippen LogP contribution in [0.25, 0.3) is 0 Å². The Bertz CT molecular complexity index is 346. The lowest BCUT2D eigenvalue weighted by molar-refractivity contribution is 0.281. The molecule has 1 aliphatic rings. The Kier molecular flexibility index (Phi) is 4.79. The first-order valence-corrected chi connectivity index (χ1v) is 8.13. The van der Waals surface area contributed by atoms with E-state index < -0.39 is 9.84 Å². The third kappa shape index (κ3) is 4.52. The molecule has 0 saturated heterocycles. The number of rotatable bonds is 3. The Hall–Kier alpha value is -0.560. The minimum absolute atomic E-state index is 0.153. The Labute approximate surface area is 98.8 Å². The molecule has 0 atom stereocenters. The number of hydrogen-bond donors (Lipinski definition) is 0. The van der Waals surface area contributed by atoms with E-state index in [4.69, 9.17) is 0 Å². The van der Waals surface area contributed by atoms with Crippen LogP contribution in [0.5, 0.6) is 0 Å². The van der Waals surface area contributed by atoms with Gasteiger partial charge in [-0.2, -0.15) is 5.26 Å². The number of hydrogen-bond acceptors (Lipinski definition) is 3. The summed E-state index contributed by atoms with van der Waals surface area (Å²) < 4.78 is 22.4. The van der Waals surface area contributed by atoms with Crippen LogP contribution in [-0.4, -0.2) is 20.4 Å². The van der Waals surface area contributed by atoms with E-state index in [2.05, 4.69) is 6.07 Å². The summed E-state index contributed by atoms with van der Waals surface area (Å²) in [5, 5.41) is 9.31. The van der Waals surface area contributed by atoms with Crippen molar-refractivity contribution in [2.24, 2.45) is 5.41 Å². The van der Waals surface area contributed by atoms with Crippen LogP contribution >= 0.6 is 0 Å². The first kappa shape index (κ1) is 13.5. The highest BCUT2D eigenvalue weighted by molar-refractivity contribution is 7.90. The van der Waals surface area contributed by atoms with E-state index in [-0.39, 0.29) is 11.2 Å². The molecule has 0 amide bonds. The van der Waals surface area contributed by atoms with Crippen molar-refractivity contribution in [1.29, 1.82) is 5.26 Å². The van der Waals surface area contributed by atoms with Crippen LogP contribution in [0, 0.1) is 16.7 Å². The largest absolute Gasteiger partial charge is 0.229 e. The summed E-state index contributed by atoms with van der Waals surface area (Å²) in [5.74, 6) is 0.153. The molecule has 0 bridgehead atoms. The SMILES string of the molecule is CS(=O)(=O)CCC1(C#N)CCCCCCC1. The molecule has 0 N–H and O–H groups in total. The van der Waals surface area contributed by atoms with Gasteiger partial charge in [0.1, 0.15) is 9.84 Å². The molecule has 0 aromatic heterocycles. The highest BCUT2D eigenvalue weighted by Gasteiger charge is 2.30. The molecule has 0 aromatic rings. The van der Waals surface area contributed by atoms with Crippen LogP contribution in [0.2, 0.25) is 0 Å². The van der Waals surface area contributed by atoms with Crippen molar-refractivity contribution in [3.63, 3.8) is 0 Å². The number of sulfone groups is 1. The van der Waals surface area contributed by atoms with E-state index in [9.17, 15) is 13.7 Å². The zero-order valence-corrected chi connectivity index (χ0v) is 10.9. The lowest BCUT2D eigenvalue weighted by Crippen LogP contribution is -2.23. The maximum Gasteiger partial charge on any atom is 0.147 e. The maximum absolute atomic E-state index is 11.2. The Morgan fingerprint density at radius 1 is 1.12 bits per heavy atom. The predicted molar refractivity (Wildman–Crippen MR) is 64.7 cm³/mol. The van der Waals surface area contributed by atoms with Crippen molar-refractivity contribution < 1.29 is 8.42 Å². The molecular weight excluding hydrogens is 222 g/mol. The average molecular weight is 243 g/mol. The van der Waals surface area contributed by atoms with Gasteiger partial charge < -0.3 is 0 Å². The van der Waals surface area contributed by atoms with Crippen molar-refractivity contribution in [2.45, 2.75) is 51.4 Å². The fraction of sp³-hybridized carbons (Fsp3) is 0.917. The Morgan fingerprint density at radius 3 is 2.06 bits per heavy atom. The van der Waals surface area contributed by atoms with Gasteiger partial charge in [-0.3, -0.25) is 0 Å². The highest BCUT2D eigenvalue weighted by Crippen LogP contribution is 2.36. The van der Waals surface area contributed by atoms with Gasteiger partial charge in [0.05, 0.1) is 17.2 Å². The Morgan fingerprint density at radius 2 is 1.62 bits per heavy atom. The third-order valence-electron chi connectivity index (χ3n) is 3.50. The summed E-state index contributed by atoms with van der Waals surface area (Å²) in [5.41, 5.74) is -0.372. The summed E-state index contributed by atoms with van der Waals surface area (Å²) in [4.78, 5) is 0. The molecule has 16 heavy (non-hydrogen) atoms. The molecule has 3 nitrogen and oxygen atoms in total. The molecule has 0 unspecified atom stereocenters. The predicted octanol–water partition coefficient (Wildman–Crippen LogP) is 2.68. The van der Waals surface area contributed by atoms with Gasteiger partial charge >= 0.3 is 0 Å². The lowest BCUT2D eigenvalue weighted by Gasteiger charge is -2.28. The van der Waals surface area contributed by atoms with Crippen LogP contribution in [0.1, 0.15) is 51.4 Å². The quantitative estimate of drug-likeness (QED) is 0.765. The Balaban J connectivity index is 2.63. The van der Waals surface area contributed by atoms with Gasteiger partial charge in [0.2, 0.25) is 0 Å². The monoisotopic (exact) mass is 243 g/mol. The van der Waals surface area contributed by atoms with Gasteiger partial charge in [-0.25, -0.2) is 8.42 Å². The van der Waals surface area contributed by atoms with E-state index in [1.54, 1.807) is 0 Å². The van der Waals surface area contributed by atoms with E-state index in [0.717, 1.165) is 25.7 Å². The van der Waals surface area contributed by atoms with Crippen molar-refractivity contribution in [3.05, 3.63) is 0 Å². The summed E-state index contributed by atoms with van der Waals surface area (Å²) >= 11 is 0. The molecule has 0 spiro atoms. The summed E-state index contributed by atoms with van der Waals surface area (Å²) in [6, 6.07) is 2.39. The topological polar surface area (TPSA) is 57.9 Å². The maximum atomic E-state index is 11.2. The molecule has 0 heterocycles. The van der Waals surface area contributed by atoms with Crippen molar-refractivity contribution in [3.8, 4) is 6.07 Å². The smallest absolute Gasteiger partial charge is 0.147 e. The van der Waals surface area contributed by atoms with Crippen molar-refractivity contribution in [2.75, 3.05) is 12.0 Å². The molecule has 4 heteroatoms. The van der Waals surface area contributed by atoms with E-state index in [1.807, 2.05) is 0 Å². The first-order valence-electron chi connectivity index (χ1n) is 6.06. The number of nitrogens with zero attached hydrogens (tertiary/aromatic N) is 1. The summed E-state index contributed by atoms with van der Waals surface area (Å²) in [7, 11) is -2.94. The van der Waals surface area contributed by atoms with Gasteiger partial charge in [-0.15, -0.1) is 0 Å². The minimum Gasteiger partial charge on any atom is -0.229 e. The molecule has 0 radical (unpaired) electrons. The molecule has 0 aromatic carbocycles. The highest BCUT2D eigenvalue weighted by atomic mass is 32.2. The molecule has 0 aliphatic heterocycles. The van der Waals surface area contributed by atoms with Crippen LogP contribution in [0.4, 0.5) is 0 Å². The van der Waals surface area contributed by atoms with E-state index in [0.29, 0.717) is 6.42 Å². The summed E-state index contributed by atoms with van der Waals surface area (Å²) in [6.45, 7) is 0. The van der Waals surface area contributed by atoms with Gasteiger partial charge in [0, 0.05) is 6.26 Å². The molecule has 1 rings (SSSR count). The van der Waals surface area contributed by atoms with Crippen LogP contribution in [0.15, 0.2) is 0 Å². The molecule has 92 valence electrons. The molecule has 1 saturated carbocycles. The fourth-order valence-corrected chi connectivity index (χ4v) is 3.14. The molecule has 1 fully saturated rings. The van der Waals surface area contributed by atoms with Crippen LogP contribution in [-0.2, 0) is 9.84 Å². The van der Waals surface area contributed by atoms with Gasteiger partial charge in [0.25, 0.3) is 0 Å². The molecule has 1 aliphatic carbocycles. The fourth-order valence-electron chi connectivity index (χ4n) is 2.38. The van der Waals surface area contributed by atoms with Gasteiger partial charge in [0.15, 0.2) is 0 Å².